The minimum atomic E-state index is -3.51. The quantitative estimate of drug-likeness (QED) is 0.714. The van der Waals surface area contributed by atoms with E-state index in [1.165, 1.54) is 24.1 Å². The molecule has 0 aliphatic carbocycles. The van der Waals surface area contributed by atoms with Crippen molar-refractivity contribution >= 4 is 5.97 Å². The number of aryl methyl sites for hydroxylation is 1. The van der Waals surface area contributed by atoms with Crippen LogP contribution in [0.15, 0.2) is 12.5 Å². The monoisotopic (exact) mass is 217 g/mol. The number of aromatic nitrogens is 2. The maximum Gasteiger partial charge on any atom is 0.309 e. The summed E-state index contributed by atoms with van der Waals surface area (Å²) in [6.45, 7) is -6.50. The van der Waals surface area contributed by atoms with Crippen LogP contribution in [0.3, 0.4) is 0 Å². The van der Waals surface area contributed by atoms with Crippen LogP contribution in [0.25, 0.3) is 0 Å². The molecule has 0 spiro atoms. The van der Waals surface area contributed by atoms with Gasteiger partial charge in [0.05, 0.1) is 21.5 Å². The predicted molar refractivity (Wildman–Crippen MR) is 55.1 cm³/mol. The topological polar surface area (TPSA) is 44.1 Å². The number of nitrogens with zero attached hydrogens (tertiary/aromatic N) is 2. The Morgan fingerprint density at radius 2 is 2.87 bits per heavy atom. The lowest BCUT2D eigenvalue weighted by molar-refractivity contribution is -0.141. The highest BCUT2D eigenvalue weighted by atomic mass is 16.5. The lowest BCUT2D eigenvalue weighted by atomic mass is 9.89. The lowest BCUT2D eigenvalue weighted by Crippen LogP contribution is -2.18. The van der Waals surface area contributed by atoms with Gasteiger partial charge >= 0.3 is 5.97 Å². The molecule has 0 saturated carbocycles. The highest BCUT2D eigenvalue weighted by Gasteiger charge is 2.35. The fourth-order valence-electron chi connectivity index (χ4n) is 1.32. The first-order valence-electron chi connectivity index (χ1n) is 8.80. The van der Waals surface area contributed by atoms with Crippen molar-refractivity contribution in [3.05, 3.63) is 18.2 Å². The van der Waals surface area contributed by atoms with Gasteiger partial charge in [-0.25, -0.2) is 4.98 Å². The van der Waals surface area contributed by atoms with Gasteiger partial charge in [0.2, 0.25) is 0 Å². The van der Waals surface area contributed by atoms with Gasteiger partial charge in [0.15, 0.2) is 0 Å². The fourth-order valence-corrected chi connectivity index (χ4v) is 1.32. The molecule has 2 rings (SSSR count). The summed E-state index contributed by atoms with van der Waals surface area (Å²) in [7, 11) is 1.53. The van der Waals surface area contributed by atoms with Crippen LogP contribution >= 0.6 is 0 Å². The molecule has 15 heavy (non-hydrogen) atoms. The Labute approximate surface area is 102 Å². The molecule has 1 aliphatic heterocycles. The van der Waals surface area contributed by atoms with Crippen molar-refractivity contribution < 1.29 is 21.9 Å². The van der Waals surface area contributed by atoms with Gasteiger partial charge in [-0.3, -0.25) is 4.79 Å². The first kappa shape index (κ1) is 3.92. The Bertz CT molecular complexity index is 671. The molecule has 2 heterocycles. The Hall–Kier alpha value is -1.32. The van der Waals surface area contributed by atoms with Gasteiger partial charge in [0.25, 0.3) is 0 Å². The molecule has 1 aromatic rings. The summed E-state index contributed by atoms with van der Waals surface area (Å²) >= 11 is 0. The molecular formula is C11H16N2O2. The fraction of sp³-hybridized carbons (Fsp3) is 0.636. The van der Waals surface area contributed by atoms with Gasteiger partial charge in [0, 0.05) is 34.4 Å². The number of ether oxygens (including phenoxy) is 1. The number of rotatable bonds is 3. The number of cyclic esters (lactones) is 1. The van der Waals surface area contributed by atoms with E-state index in [9.17, 15) is 4.79 Å². The third-order valence-corrected chi connectivity index (χ3v) is 2.17. The second kappa shape index (κ2) is 4.04. The largest absolute Gasteiger partial charge is 0.465 e. The van der Waals surface area contributed by atoms with Crippen LogP contribution in [0.1, 0.15) is 31.3 Å². The molecule has 1 fully saturated rings. The van der Waals surface area contributed by atoms with Crippen LogP contribution in [0.2, 0.25) is 0 Å². The second-order valence-electron chi connectivity index (χ2n) is 3.14. The van der Waals surface area contributed by atoms with Crippen molar-refractivity contribution in [1.82, 2.24) is 9.55 Å². The summed E-state index contributed by atoms with van der Waals surface area (Å²) in [6, 6.07) is 0. The molecular weight excluding hydrogens is 192 g/mol. The van der Waals surface area contributed by atoms with Crippen molar-refractivity contribution in [2.24, 2.45) is 18.8 Å². The van der Waals surface area contributed by atoms with Crippen LogP contribution in [0, 0.1) is 11.8 Å². The molecule has 1 aliphatic rings. The molecule has 0 N–H and O–H groups in total. The summed E-state index contributed by atoms with van der Waals surface area (Å²) in [6.07, 6.45) is -1.54. The lowest BCUT2D eigenvalue weighted by Gasteiger charge is -2.12. The van der Waals surface area contributed by atoms with Crippen LogP contribution < -0.4 is 0 Å². The van der Waals surface area contributed by atoms with Crippen molar-refractivity contribution in [2.75, 3.05) is 6.56 Å². The summed E-state index contributed by atoms with van der Waals surface area (Å²) in [5, 5.41) is 0. The standard InChI is InChI=1S/C11H16N2O2/c1-3-10-8(6-15-11(10)14)4-9-5-12-7-13(9)2/h5,7-8,10H,3-4,6H2,1-2H3/t8-,10-/m0/s1/i1D3,3D2,6D2,8D,10D. The minimum absolute atomic E-state index is 0.227. The first-order valence-corrected chi connectivity index (χ1v) is 4.30. The number of imidazole rings is 1. The van der Waals surface area contributed by atoms with E-state index in [1.807, 2.05) is 0 Å². The Morgan fingerprint density at radius 1 is 2.00 bits per heavy atom. The van der Waals surface area contributed by atoms with Crippen molar-refractivity contribution in [3.63, 3.8) is 0 Å². The zero-order valence-electron chi connectivity index (χ0n) is 17.1. The Morgan fingerprint density at radius 3 is 3.53 bits per heavy atom. The van der Waals surface area contributed by atoms with Gasteiger partial charge in [-0.1, -0.05) is 6.85 Å². The van der Waals surface area contributed by atoms with E-state index in [-0.39, 0.29) is 5.69 Å². The van der Waals surface area contributed by atoms with E-state index in [0.717, 1.165) is 0 Å². The number of carbonyl (C=O) groups is 1. The van der Waals surface area contributed by atoms with E-state index >= 15 is 0 Å². The van der Waals surface area contributed by atoms with Crippen LogP contribution in [0.5, 0.6) is 0 Å². The number of hydrogen-bond donors (Lipinski definition) is 0. The van der Waals surface area contributed by atoms with Crippen molar-refractivity contribution in [3.8, 4) is 0 Å². The van der Waals surface area contributed by atoms with Gasteiger partial charge in [-0.2, -0.15) is 0 Å². The van der Waals surface area contributed by atoms with Crippen LogP contribution in [0.4, 0.5) is 0 Å². The maximum absolute atomic E-state index is 12.2. The predicted octanol–water partition coefficient (Wildman–Crippen LogP) is 1.16. The summed E-state index contributed by atoms with van der Waals surface area (Å²) in [5.41, 5.74) is 0.227. The summed E-state index contributed by atoms with van der Waals surface area (Å²) in [4.78, 5) is 15.9. The summed E-state index contributed by atoms with van der Waals surface area (Å²) < 4.78 is 75.8. The number of carbonyl (C=O) groups excluding carboxylic acids is 1. The molecule has 2 atom stereocenters. The molecule has 82 valence electrons. The molecule has 1 saturated heterocycles. The van der Waals surface area contributed by atoms with Crippen LogP contribution in [-0.4, -0.2) is 22.1 Å². The smallest absolute Gasteiger partial charge is 0.309 e. The average molecular weight is 217 g/mol. The summed E-state index contributed by atoms with van der Waals surface area (Å²) in [5.74, 6) is -7.87. The van der Waals surface area contributed by atoms with Gasteiger partial charge in [-0.15, -0.1) is 0 Å². The minimum Gasteiger partial charge on any atom is -0.465 e. The third-order valence-electron chi connectivity index (χ3n) is 2.17. The molecule has 0 bridgehead atoms. The molecule has 0 aromatic carbocycles. The highest BCUT2D eigenvalue weighted by Crippen LogP contribution is 2.27. The first-order chi connectivity index (χ1) is 10.6. The normalized spacial score (nSPS) is 49.4. The van der Waals surface area contributed by atoms with Gasteiger partial charge < -0.3 is 9.30 Å². The van der Waals surface area contributed by atoms with E-state index < -0.39 is 44.0 Å². The second-order valence-corrected chi connectivity index (χ2v) is 3.14. The van der Waals surface area contributed by atoms with Crippen molar-refractivity contribution in [2.45, 2.75) is 19.6 Å². The molecule has 0 unspecified atom stereocenters. The molecule has 4 heteroatoms. The third kappa shape index (κ3) is 1.89. The number of hydrogen-bond acceptors (Lipinski definition) is 3. The van der Waals surface area contributed by atoms with Gasteiger partial charge in [-0.05, 0) is 12.8 Å². The molecule has 1 aromatic heterocycles. The average Bonchev–Trinajstić information content (AvgIpc) is 2.85. The van der Waals surface area contributed by atoms with E-state index in [1.54, 1.807) is 0 Å². The molecule has 4 nitrogen and oxygen atoms in total. The van der Waals surface area contributed by atoms with E-state index in [2.05, 4.69) is 9.72 Å². The Kier molecular flexibility index (Phi) is 1.06. The molecule has 0 amide bonds. The number of esters is 1. The van der Waals surface area contributed by atoms with Crippen molar-refractivity contribution in [1.29, 1.82) is 0 Å². The van der Waals surface area contributed by atoms with E-state index in [0.29, 0.717) is 0 Å². The van der Waals surface area contributed by atoms with Crippen LogP contribution in [-0.2, 0) is 23.0 Å². The SMILES string of the molecule is [2H]C([2H])([2H])C([2H])([2H])[C@]1([2H])C(=O)OC([2H])([2H])[C@]1([2H])Cc1cncn1C. The highest BCUT2D eigenvalue weighted by molar-refractivity contribution is 5.74. The Balaban J connectivity index is 2.68. The maximum atomic E-state index is 12.2. The zero-order chi connectivity index (χ0) is 18.8. The zero-order valence-corrected chi connectivity index (χ0v) is 8.07. The van der Waals surface area contributed by atoms with E-state index in [4.69, 9.17) is 12.3 Å². The van der Waals surface area contributed by atoms with Gasteiger partial charge in [0.1, 0.15) is 0 Å². The molecule has 0 radical (unpaired) electrons.